The summed E-state index contributed by atoms with van der Waals surface area (Å²) in [5.74, 6) is 1.96. The summed E-state index contributed by atoms with van der Waals surface area (Å²) >= 11 is 0. The third-order valence-corrected chi connectivity index (χ3v) is 3.44. The number of carbonyl (C=O) groups excluding carboxylic acids is 1. The van der Waals surface area contributed by atoms with Gasteiger partial charge >= 0.3 is 0 Å². The average molecular weight is 225 g/mol. The molecule has 0 amide bonds. The third-order valence-electron chi connectivity index (χ3n) is 3.44. The van der Waals surface area contributed by atoms with Crippen LogP contribution >= 0.6 is 0 Å². The van der Waals surface area contributed by atoms with Crippen LogP contribution in [0.2, 0.25) is 0 Å². The van der Waals surface area contributed by atoms with E-state index in [9.17, 15) is 4.79 Å². The maximum Gasteiger partial charge on any atom is 0.139 e. The minimum Gasteiger partial charge on any atom is -0.302 e. The van der Waals surface area contributed by atoms with Crippen LogP contribution in [0.15, 0.2) is 0 Å². The topological polar surface area (TPSA) is 20.3 Å². The number of carbonyl (C=O) groups is 1. The maximum absolute atomic E-state index is 11.8. The molecule has 0 aliphatic carbocycles. The van der Waals surface area contributed by atoms with Gasteiger partial charge in [-0.05, 0) is 18.3 Å². The van der Waals surface area contributed by atoms with Crippen LogP contribution < -0.4 is 0 Å². The molecule has 16 heavy (non-hydrogen) atoms. The first kappa shape index (κ1) is 13.7. The highest BCUT2D eigenvalue weighted by Gasteiger charge is 2.25. The lowest BCUT2D eigenvalue weighted by atomic mass is 9.88. The molecule has 0 aromatic rings. The Hall–Kier alpha value is -0.370. The minimum absolute atomic E-state index is 0.174. The smallest absolute Gasteiger partial charge is 0.139 e. The van der Waals surface area contributed by atoms with Gasteiger partial charge in [0.1, 0.15) is 5.78 Å². The van der Waals surface area contributed by atoms with Crippen molar-refractivity contribution < 1.29 is 4.79 Å². The van der Waals surface area contributed by atoms with E-state index < -0.39 is 0 Å². The highest BCUT2D eigenvalue weighted by molar-refractivity contribution is 5.83. The standard InChI is InChI=1S/C14H27NO/c1-11-8-12(2)10-15(9-11)7-6-13(16)14(3,4)5/h11-12H,6-10H2,1-5H3. The van der Waals surface area contributed by atoms with Crippen molar-refractivity contribution in [2.24, 2.45) is 17.3 Å². The van der Waals surface area contributed by atoms with Crippen molar-refractivity contribution in [2.75, 3.05) is 19.6 Å². The van der Waals surface area contributed by atoms with Crippen molar-refractivity contribution in [3.63, 3.8) is 0 Å². The first-order chi connectivity index (χ1) is 7.29. The van der Waals surface area contributed by atoms with Gasteiger partial charge in [-0.3, -0.25) is 4.79 Å². The summed E-state index contributed by atoms with van der Waals surface area (Å²) in [7, 11) is 0. The van der Waals surface area contributed by atoms with Crippen LogP contribution in [0.4, 0.5) is 0 Å². The van der Waals surface area contributed by atoms with Crippen LogP contribution in [-0.4, -0.2) is 30.3 Å². The molecule has 1 heterocycles. The second kappa shape index (κ2) is 5.31. The van der Waals surface area contributed by atoms with Crippen molar-refractivity contribution in [3.8, 4) is 0 Å². The van der Waals surface area contributed by atoms with E-state index in [4.69, 9.17) is 0 Å². The monoisotopic (exact) mass is 225 g/mol. The van der Waals surface area contributed by atoms with E-state index in [1.807, 2.05) is 20.8 Å². The Morgan fingerprint density at radius 1 is 1.19 bits per heavy atom. The number of likely N-dealkylation sites (tertiary alicyclic amines) is 1. The Labute approximate surface area is 100 Å². The largest absolute Gasteiger partial charge is 0.302 e. The van der Waals surface area contributed by atoms with Crippen LogP contribution in [0.5, 0.6) is 0 Å². The van der Waals surface area contributed by atoms with Gasteiger partial charge in [-0.2, -0.15) is 0 Å². The number of nitrogens with zero attached hydrogens (tertiary/aromatic N) is 1. The predicted molar refractivity (Wildman–Crippen MR) is 68.5 cm³/mol. The van der Waals surface area contributed by atoms with Gasteiger partial charge < -0.3 is 4.90 Å². The molecule has 2 unspecified atom stereocenters. The van der Waals surface area contributed by atoms with E-state index in [0.717, 1.165) is 18.4 Å². The summed E-state index contributed by atoms with van der Waals surface area (Å²) < 4.78 is 0. The first-order valence-electron chi connectivity index (χ1n) is 6.54. The minimum atomic E-state index is -0.174. The van der Waals surface area contributed by atoms with Gasteiger partial charge in [-0.1, -0.05) is 34.6 Å². The normalized spacial score (nSPS) is 28.1. The van der Waals surface area contributed by atoms with Crippen LogP contribution in [0.1, 0.15) is 47.5 Å². The highest BCUT2D eigenvalue weighted by atomic mass is 16.1. The molecule has 2 heteroatoms. The zero-order chi connectivity index (χ0) is 12.3. The van der Waals surface area contributed by atoms with Crippen molar-refractivity contribution in [1.29, 1.82) is 0 Å². The molecule has 1 rings (SSSR count). The molecule has 0 aromatic heterocycles. The number of Topliss-reactive ketones (excluding diaryl/α,β-unsaturated/α-hetero) is 1. The van der Waals surface area contributed by atoms with E-state index in [1.165, 1.54) is 19.5 Å². The van der Waals surface area contributed by atoms with Gasteiger partial charge in [-0.15, -0.1) is 0 Å². The zero-order valence-corrected chi connectivity index (χ0v) is 11.5. The molecule has 94 valence electrons. The molecule has 0 spiro atoms. The molecule has 0 N–H and O–H groups in total. The average Bonchev–Trinajstić information content (AvgIpc) is 2.11. The van der Waals surface area contributed by atoms with Crippen LogP contribution in [-0.2, 0) is 4.79 Å². The molecule has 1 fully saturated rings. The molecule has 1 aliphatic rings. The van der Waals surface area contributed by atoms with E-state index in [1.54, 1.807) is 0 Å². The molecule has 2 nitrogen and oxygen atoms in total. The lowest BCUT2D eigenvalue weighted by Gasteiger charge is -2.35. The molecular weight excluding hydrogens is 198 g/mol. The second-order valence-corrected chi connectivity index (χ2v) is 6.63. The lowest BCUT2D eigenvalue weighted by Crippen LogP contribution is -2.40. The Morgan fingerprint density at radius 3 is 2.12 bits per heavy atom. The molecule has 1 aliphatic heterocycles. The highest BCUT2D eigenvalue weighted by Crippen LogP contribution is 2.22. The van der Waals surface area contributed by atoms with Gasteiger partial charge in [0, 0.05) is 31.5 Å². The summed E-state index contributed by atoms with van der Waals surface area (Å²) in [6.07, 6.45) is 2.05. The number of hydrogen-bond acceptors (Lipinski definition) is 2. The Kier molecular flexibility index (Phi) is 4.54. The predicted octanol–water partition coefficient (Wildman–Crippen LogP) is 2.97. The summed E-state index contributed by atoms with van der Waals surface area (Å²) in [6.45, 7) is 13.9. The second-order valence-electron chi connectivity index (χ2n) is 6.63. The molecule has 2 atom stereocenters. The zero-order valence-electron chi connectivity index (χ0n) is 11.5. The number of ketones is 1. The molecular formula is C14H27NO. The van der Waals surface area contributed by atoms with Gasteiger partial charge in [0.15, 0.2) is 0 Å². The summed E-state index contributed by atoms with van der Waals surface area (Å²) in [4.78, 5) is 14.3. The van der Waals surface area contributed by atoms with Crippen molar-refractivity contribution >= 4 is 5.78 Å². The van der Waals surface area contributed by atoms with Crippen LogP contribution in [0.25, 0.3) is 0 Å². The number of rotatable bonds is 3. The summed E-state index contributed by atoms with van der Waals surface area (Å²) in [5.41, 5.74) is -0.174. The summed E-state index contributed by atoms with van der Waals surface area (Å²) in [6, 6.07) is 0. The van der Waals surface area contributed by atoms with E-state index in [2.05, 4.69) is 18.7 Å². The van der Waals surface area contributed by atoms with Gasteiger partial charge in [-0.25, -0.2) is 0 Å². The SMILES string of the molecule is CC1CC(C)CN(CCC(=O)C(C)(C)C)C1. The number of hydrogen-bond donors (Lipinski definition) is 0. The van der Waals surface area contributed by atoms with Crippen molar-refractivity contribution in [3.05, 3.63) is 0 Å². The molecule has 1 saturated heterocycles. The Morgan fingerprint density at radius 2 is 1.69 bits per heavy atom. The molecule has 0 aromatic carbocycles. The molecule has 0 saturated carbocycles. The van der Waals surface area contributed by atoms with Crippen molar-refractivity contribution in [2.45, 2.75) is 47.5 Å². The molecule has 0 radical (unpaired) electrons. The van der Waals surface area contributed by atoms with Crippen LogP contribution in [0.3, 0.4) is 0 Å². The number of piperidine rings is 1. The van der Waals surface area contributed by atoms with Gasteiger partial charge in [0.05, 0.1) is 0 Å². The fraction of sp³-hybridized carbons (Fsp3) is 0.929. The first-order valence-corrected chi connectivity index (χ1v) is 6.54. The van der Waals surface area contributed by atoms with Crippen molar-refractivity contribution in [1.82, 2.24) is 4.90 Å². The van der Waals surface area contributed by atoms with E-state index in [0.29, 0.717) is 12.2 Å². The fourth-order valence-corrected chi connectivity index (χ4v) is 2.61. The third kappa shape index (κ3) is 4.25. The quantitative estimate of drug-likeness (QED) is 0.736. The Balaban J connectivity index is 2.35. The lowest BCUT2D eigenvalue weighted by molar-refractivity contribution is -0.126. The van der Waals surface area contributed by atoms with E-state index in [-0.39, 0.29) is 5.41 Å². The van der Waals surface area contributed by atoms with Gasteiger partial charge in [0.2, 0.25) is 0 Å². The van der Waals surface area contributed by atoms with Crippen LogP contribution in [0, 0.1) is 17.3 Å². The fourth-order valence-electron chi connectivity index (χ4n) is 2.61. The molecule has 0 bridgehead atoms. The Bertz CT molecular complexity index is 232. The maximum atomic E-state index is 11.8. The van der Waals surface area contributed by atoms with E-state index >= 15 is 0 Å². The van der Waals surface area contributed by atoms with Gasteiger partial charge in [0.25, 0.3) is 0 Å². The summed E-state index contributed by atoms with van der Waals surface area (Å²) in [5, 5.41) is 0.